The zero-order valence-electron chi connectivity index (χ0n) is 18.4. The quantitative estimate of drug-likeness (QED) is 0.427. The normalized spacial score (nSPS) is 26.6. The number of ether oxygens (including phenoxy) is 3. The van der Waals surface area contributed by atoms with Gasteiger partial charge in [0.2, 0.25) is 0 Å². The molecule has 0 spiro atoms. The standard InChI is InChI=1S/C24H23F2N3O4/c1-12-14-6-7-29(22(14)28-11-27-12)23-20-19(32-24(2,3)33-20)18(31-23)9-13-4-5-17-15(8-13)16(10-30-17)21(25)26/h4-8,10-11,18-21,23H,9H2,1-3H3/t18-,19-,20+,23+/m0/s1. The Bertz CT molecular complexity index is 1350. The van der Waals surface area contributed by atoms with Crippen molar-refractivity contribution >= 4 is 22.0 Å². The minimum Gasteiger partial charge on any atom is -0.464 e. The van der Waals surface area contributed by atoms with Gasteiger partial charge < -0.3 is 23.2 Å². The van der Waals surface area contributed by atoms with Crippen LogP contribution in [-0.2, 0) is 20.6 Å². The van der Waals surface area contributed by atoms with Crippen molar-refractivity contribution in [3.8, 4) is 0 Å². The largest absolute Gasteiger partial charge is 0.464 e. The number of hydrogen-bond donors (Lipinski definition) is 0. The Hall–Kier alpha value is -2.88. The SMILES string of the molecule is Cc1ncnc2c1ccn2[C@@H]1O[C@@H](Cc2ccc3occ(C(F)F)c3c2)[C@@H]2OC(C)(C)O[C@H]21. The van der Waals surface area contributed by atoms with Gasteiger partial charge in [0.15, 0.2) is 12.0 Å². The number of halogens is 2. The van der Waals surface area contributed by atoms with Gasteiger partial charge in [0.25, 0.3) is 6.43 Å². The first-order valence-corrected chi connectivity index (χ1v) is 10.9. The average Bonchev–Trinajstić information content (AvgIpc) is 3.50. The van der Waals surface area contributed by atoms with Crippen LogP contribution in [-0.4, -0.2) is 38.6 Å². The second-order valence-electron chi connectivity index (χ2n) is 9.08. The first-order chi connectivity index (χ1) is 15.8. The van der Waals surface area contributed by atoms with Gasteiger partial charge in [-0.1, -0.05) is 6.07 Å². The summed E-state index contributed by atoms with van der Waals surface area (Å²) in [6.45, 7) is 5.70. The van der Waals surface area contributed by atoms with Crippen LogP contribution in [0.25, 0.3) is 22.0 Å². The second-order valence-corrected chi connectivity index (χ2v) is 9.08. The fourth-order valence-corrected chi connectivity index (χ4v) is 4.97. The third kappa shape index (κ3) is 3.34. The lowest BCUT2D eigenvalue weighted by Gasteiger charge is -2.25. The highest BCUT2D eigenvalue weighted by Crippen LogP contribution is 2.45. The summed E-state index contributed by atoms with van der Waals surface area (Å²) in [6.07, 6.45) is 1.03. The number of aryl methyl sites for hydroxylation is 1. The molecular formula is C24H23F2N3O4. The molecule has 0 saturated carbocycles. The molecule has 9 heteroatoms. The zero-order chi connectivity index (χ0) is 22.9. The molecule has 0 radical (unpaired) electrons. The third-order valence-electron chi connectivity index (χ3n) is 6.45. The summed E-state index contributed by atoms with van der Waals surface area (Å²) in [5.41, 5.74) is 2.84. The molecule has 2 saturated heterocycles. The van der Waals surface area contributed by atoms with E-state index in [-0.39, 0.29) is 23.9 Å². The summed E-state index contributed by atoms with van der Waals surface area (Å²) in [5.74, 6) is -0.763. The number of furan rings is 1. The van der Waals surface area contributed by atoms with Gasteiger partial charge in [0.05, 0.1) is 17.4 Å². The Morgan fingerprint density at radius 1 is 1.09 bits per heavy atom. The molecule has 4 aromatic rings. The second kappa shape index (κ2) is 7.31. The Morgan fingerprint density at radius 3 is 2.73 bits per heavy atom. The molecule has 2 fully saturated rings. The maximum absolute atomic E-state index is 13.4. The van der Waals surface area contributed by atoms with Gasteiger partial charge in [-0.2, -0.15) is 0 Å². The maximum Gasteiger partial charge on any atom is 0.267 e. The average molecular weight is 455 g/mol. The highest BCUT2D eigenvalue weighted by molar-refractivity contribution is 5.82. The topological polar surface area (TPSA) is 71.5 Å². The number of fused-ring (bicyclic) bond motifs is 3. The smallest absolute Gasteiger partial charge is 0.267 e. The fraction of sp³-hybridized carbons (Fsp3) is 0.417. The molecule has 172 valence electrons. The van der Waals surface area contributed by atoms with Crippen LogP contribution in [0.2, 0.25) is 0 Å². The summed E-state index contributed by atoms with van der Waals surface area (Å²) >= 11 is 0. The van der Waals surface area contributed by atoms with Crippen LogP contribution >= 0.6 is 0 Å². The van der Waals surface area contributed by atoms with Crippen LogP contribution in [0.3, 0.4) is 0 Å². The van der Waals surface area contributed by atoms with Crippen LogP contribution in [0.4, 0.5) is 8.78 Å². The van der Waals surface area contributed by atoms with Gasteiger partial charge in [-0.25, -0.2) is 18.7 Å². The van der Waals surface area contributed by atoms with E-state index in [1.54, 1.807) is 12.1 Å². The molecule has 0 aliphatic carbocycles. The van der Waals surface area contributed by atoms with Gasteiger partial charge in [0, 0.05) is 23.4 Å². The minimum absolute atomic E-state index is 0.106. The highest BCUT2D eigenvalue weighted by atomic mass is 19.3. The van der Waals surface area contributed by atoms with Gasteiger partial charge in [-0.15, -0.1) is 0 Å². The molecule has 0 unspecified atom stereocenters. The van der Waals surface area contributed by atoms with Crippen molar-refractivity contribution in [2.75, 3.05) is 0 Å². The van der Waals surface area contributed by atoms with E-state index in [1.807, 2.05) is 43.7 Å². The predicted molar refractivity (Wildman–Crippen MR) is 115 cm³/mol. The molecule has 1 aromatic carbocycles. The van der Waals surface area contributed by atoms with Crippen LogP contribution in [0.15, 0.2) is 47.5 Å². The summed E-state index contributed by atoms with van der Waals surface area (Å²) in [7, 11) is 0. The Kier molecular flexibility index (Phi) is 4.59. The van der Waals surface area contributed by atoms with Gasteiger partial charge in [-0.3, -0.25) is 0 Å². The predicted octanol–water partition coefficient (Wildman–Crippen LogP) is 5.08. The lowest BCUT2D eigenvalue weighted by molar-refractivity contribution is -0.196. The molecule has 7 nitrogen and oxygen atoms in total. The van der Waals surface area contributed by atoms with Crippen LogP contribution in [0, 0.1) is 6.92 Å². The molecule has 2 aliphatic rings. The lowest BCUT2D eigenvalue weighted by atomic mass is 10.0. The first-order valence-electron chi connectivity index (χ1n) is 10.9. The van der Waals surface area contributed by atoms with Crippen molar-refractivity contribution < 1.29 is 27.4 Å². The van der Waals surface area contributed by atoms with E-state index < -0.39 is 18.4 Å². The van der Waals surface area contributed by atoms with Crippen molar-refractivity contribution in [3.63, 3.8) is 0 Å². The molecule has 4 atom stereocenters. The van der Waals surface area contributed by atoms with E-state index in [0.29, 0.717) is 17.4 Å². The number of hydrogen-bond acceptors (Lipinski definition) is 6. The van der Waals surface area contributed by atoms with E-state index in [1.165, 1.54) is 6.33 Å². The van der Waals surface area contributed by atoms with Gasteiger partial charge in [-0.05, 0) is 44.5 Å². The minimum atomic E-state index is -2.60. The molecule has 0 N–H and O–H groups in total. The van der Waals surface area contributed by atoms with Crippen LogP contribution in [0.1, 0.15) is 43.3 Å². The number of nitrogens with zero attached hydrogens (tertiary/aromatic N) is 3. The molecule has 33 heavy (non-hydrogen) atoms. The van der Waals surface area contributed by atoms with E-state index in [0.717, 1.165) is 28.6 Å². The number of benzene rings is 1. The monoisotopic (exact) mass is 455 g/mol. The highest BCUT2D eigenvalue weighted by Gasteiger charge is 2.55. The Labute approximate surface area is 188 Å². The molecule has 2 aliphatic heterocycles. The third-order valence-corrected chi connectivity index (χ3v) is 6.45. The van der Waals surface area contributed by atoms with Crippen molar-refractivity contribution in [2.45, 2.75) is 63.9 Å². The van der Waals surface area contributed by atoms with Crippen molar-refractivity contribution in [3.05, 3.63) is 59.9 Å². The molecule has 0 bridgehead atoms. The van der Waals surface area contributed by atoms with E-state index in [9.17, 15) is 8.78 Å². The van der Waals surface area contributed by atoms with E-state index >= 15 is 0 Å². The van der Waals surface area contributed by atoms with E-state index in [2.05, 4.69) is 9.97 Å². The van der Waals surface area contributed by atoms with E-state index in [4.69, 9.17) is 18.6 Å². The number of aromatic nitrogens is 3. The summed E-state index contributed by atoms with van der Waals surface area (Å²) in [6, 6.07) is 7.30. The first kappa shape index (κ1) is 20.7. The van der Waals surface area contributed by atoms with Crippen molar-refractivity contribution in [1.29, 1.82) is 0 Å². The Morgan fingerprint density at radius 2 is 1.91 bits per heavy atom. The molecule has 5 heterocycles. The summed E-state index contributed by atoms with van der Waals surface area (Å²) in [4.78, 5) is 8.72. The Balaban J connectivity index is 1.35. The molecule has 3 aromatic heterocycles. The number of rotatable bonds is 4. The maximum atomic E-state index is 13.4. The molecule has 6 rings (SSSR count). The summed E-state index contributed by atoms with van der Waals surface area (Å²) < 4.78 is 52.9. The lowest BCUT2D eigenvalue weighted by Crippen LogP contribution is -2.31. The molecular weight excluding hydrogens is 432 g/mol. The molecule has 0 amide bonds. The van der Waals surface area contributed by atoms with Crippen molar-refractivity contribution in [2.24, 2.45) is 0 Å². The van der Waals surface area contributed by atoms with Crippen LogP contribution in [0.5, 0.6) is 0 Å². The van der Waals surface area contributed by atoms with Crippen molar-refractivity contribution in [1.82, 2.24) is 14.5 Å². The van der Waals surface area contributed by atoms with Gasteiger partial charge in [0.1, 0.15) is 36.0 Å². The number of alkyl halides is 2. The summed E-state index contributed by atoms with van der Waals surface area (Å²) in [5, 5.41) is 1.37. The fourth-order valence-electron chi connectivity index (χ4n) is 4.97. The van der Waals surface area contributed by atoms with Crippen LogP contribution < -0.4 is 0 Å². The van der Waals surface area contributed by atoms with Gasteiger partial charge >= 0.3 is 0 Å². The zero-order valence-corrected chi connectivity index (χ0v) is 18.4.